The average Bonchev–Trinajstić information content (AvgIpc) is 2.66. The van der Waals surface area contributed by atoms with Gasteiger partial charge in [-0.1, -0.05) is 26.7 Å². The average molecular weight is 226 g/mol. The van der Waals surface area contributed by atoms with E-state index in [9.17, 15) is 4.79 Å². The molecular weight excluding hydrogens is 200 g/mol. The van der Waals surface area contributed by atoms with Gasteiger partial charge in [-0.2, -0.15) is 0 Å². The van der Waals surface area contributed by atoms with Crippen molar-refractivity contribution in [2.24, 2.45) is 5.73 Å². The summed E-state index contributed by atoms with van der Waals surface area (Å²) in [6, 6.07) is 0.373. The van der Waals surface area contributed by atoms with E-state index in [1.54, 1.807) is 0 Å². The highest BCUT2D eigenvalue weighted by Crippen LogP contribution is 2.30. The summed E-state index contributed by atoms with van der Waals surface area (Å²) in [4.78, 5) is 14.0. The lowest BCUT2D eigenvalue weighted by molar-refractivity contribution is -0.133. The molecule has 1 rings (SSSR count). The molecule has 0 aromatic rings. The van der Waals surface area contributed by atoms with E-state index in [1.165, 1.54) is 12.8 Å². The quantitative estimate of drug-likeness (QED) is 0.782. The van der Waals surface area contributed by atoms with Crippen molar-refractivity contribution >= 4 is 5.91 Å². The monoisotopic (exact) mass is 226 g/mol. The third-order valence-electron chi connectivity index (χ3n) is 3.99. The molecule has 0 saturated heterocycles. The molecule has 1 saturated carbocycles. The van der Waals surface area contributed by atoms with Crippen LogP contribution in [0.3, 0.4) is 0 Å². The van der Waals surface area contributed by atoms with Gasteiger partial charge >= 0.3 is 0 Å². The fourth-order valence-corrected chi connectivity index (χ4v) is 2.72. The zero-order valence-corrected chi connectivity index (χ0v) is 11.0. The van der Waals surface area contributed by atoms with E-state index in [0.29, 0.717) is 12.5 Å². The first-order valence-electron chi connectivity index (χ1n) is 6.57. The summed E-state index contributed by atoms with van der Waals surface area (Å²) in [5.74, 6) is 0.220. The van der Waals surface area contributed by atoms with Crippen molar-refractivity contribution in [3.63, 3.8) is 0 Å². The van der Waals surface area contributed by atoms with E-state index in [0.717, 1.165) is 25.7 Å². The van der Waals surface area contributed by atoms with Gasteiger partial charge in [-0.05, 0) is 25.7 Å². The van der Waals surface area contributed by atoms with Gasteiger partial charge in [0.05, 0.1) is 0 Å². The van der Waals surface area contributed by atoms with Crippen LogP contribution in [0.1, 0.15) is 58.8 Å². The molecule has 2 N–H and O–H groups in total. The predicted molar refractivity (Wildman–Crippen MR) is 67.1 cm³/mol. The van der Waals surface area contributed by atoms with Gasteiger partial charge in [0.15, 0.2) is 0 Å². The van der Waals surface area contributed by atoms with Crippen molar-refractivity contribution < 1.29 is 4.79 Å². The highest BCUT2D eigenvalue weighted by atomic mass is 16.2. The molecule has 0 radical (unpaired) electrons. The number of carbonyl (C=O) groups is 1. The lowest BCUT2D eigenvalue weighted by atomic mass is 9.93. The smallest absolute Gasteiger partial charge is 0.224 e. The molecule has 94 valence electrons. The molecule has 1 amide bonds. The van der Waals surface area contributed by atoms with Gasteiger partial charge in [-0.15, -0.1) is 0 Å². The molecule has 1 aliphatic rings. The maximum atomic E-state index is 12.1. The molecule has 0 spiro atoms. The molecule has 0 heterocycles. The molecule has 3 heteroatoms. The molecule has 16 heavy (non-hydrogen) atoms. The van der Waals surface area contributed by atoms with Crippen molar-refractivity contribution in [2.45, 2.75) is 70.4 Å². The third kappa shape index (κ3) is 3.21. The van der Waals surface area contributed by atoms with E-state index in [2.05, 4.69) is 13.8 Å². The fourth-order valence-electron chi connectivity index (χ4n) is 2.72. The van der Waals surface area contributed by atoms with Gasteiger partial charge in [-0.25, -0.2) is 0 Å². The van der Waals surface area contributed by atoms with Crippen molar-refractivity contribution in [1.82, 2.24) is 4.90 Å². The van der Waals surface area contributed by atoms with Gasteiger partial charge in [0, 0.05) is 25.0 Å². The molecule has 1 aliphatic carbocycles. The third-order valence-corrected chi connectivity index (χ3v) is 3.99. The van der Waals surface area contributed by atoms with Crippen molar-refractivity contribution in [1.29, 1.82) is 0 Å². The second kappa shape index (κ2) is 5.67. The number of carbonyl (C=O) groups excluding carboxylic acids is 1. The molecule has 0 aromatic heterocycles. The predicted octanol–water partition coefficient (Wildman–Crippen LogP) is 2.29. The minimum absolute atomic E-state index is 0.211. The highest BCUT2D eigenvalue weighted by Gasteiger charge is 2.33. The SMILES string of the molecule is CCC(CC)N(C)C(=O)CC1(N)CCCC1. The van der Waals surface area contributed by atoms with E-state index in [-0.39, 0.29) is 11.4 Å². The number of hydrogen-bond donors (Lipinski definition) is 1. The van der Waals surface area contributed by atoms with Crippen LogP contribution in [0.15, 0.2) is 0 Å². The van der Waals surface area contributed by atoms with Gasteiger partial charge in [-0.3, -0.25) is 4.79 Å². The molecule has 0 aromatic carbocycles. The first-order valence-corrected chi connectivity index (χ1v) is 6.57. The van der Waals surface area contributed by atoms with E-state index in [1.807, 2.05) is 11.9 Å². The molecular formula is C13H26N2O. The lowest BCUT2D eigenvalue weighted by Crippen LogP contribution is -2.45. The Labute approximate surface area is 99.4 Å². The number of rotatable bonds is 5. The summed E-state index contributed by atoms with van der Waals surface area (Å²) in [6.07, 6.45) is 6.95. The Bertz CT molecular complexity index is 230. The van der Waals surface area contributed by atoms with Gasteiger partial charge < -0.3 is 10.6 Å². The van der Waals surface area contributed by atoms with Crippen molar-refractivity contribution in [2.75, 3.05) is 7.05 Å². The largest absolute Gasteiger partial charge is 0.343 e. The van der Waals surface area contributed by atoms with Gasteiger partial charge in [0.1, 0.15) is 0 Å². The Morgan fingerprint density at radius 3 is 2.25 bits per heavy atom. The maximum Gasteiger partial charge on any atom is 0.224 e. The normalized spacial score (nSPS) is 19.1. The Hall–Kier alpha value is -0.570. The summed E-state index contributed by atoms with van der Waals surface area (Å²) < 4.78 is 0. The van der Waals surface area contributed by atoms with Crippen LogP contribution in [-0.4, -0.2) is 29.4 Å². The van der Waals surface area contributed by atoms with Gasteiger partial charge in [0.25, 0.3) is 0 Å². The summed E-state index contributed by atoms with van der Waals surface area (Å²) in [6.45, 7) is 4.26. The minimum atomic E-state index is -0.211. The highest BCUT2D eigenvalue weighted by molar-refractivity contribution is 5.77. The van der Waals surface area contributed by atoms with E-state index >= 15 is 0 Å². The Morgan fingerprint density at radius 1 is 1.31 bits per heavy atom. The topological polar surface area (TPSA) is 46.3 Å². The maximum absolute atomic E-state index is 12.1. The Morgan fingerprint density at radius 2 is 1.81 bits per heavy atom. The van der Waals surface area contributed by atoms with Crippen LogP contribution in [0, 0.1) is 0 Å². The first kappa shape index (κ1) is 13.5. The second-order valence-corrected chi connectivity index (χ2v) is 5.22. The van der Waals surface area contributed by atoms with Crippen LogP contribution >= 0.6 is 0 Å². The second-order valence-electron chi connectivity index (χ2n) is 5.22. The van der Waals surface area contributed by atoms with Crippen LogP contribution in [0.5, 0.6) is 0 Å². The van der Waals surface area contributed by atoms with Crippen molar-refractivity contribution in [3.8, 4) is 0 Å². The first-order chi connectivity index (χ1) is 7.52. The Kier molecular flexibility index (Phi) is 4.78. The van der Waals surface area contributed by atoms with Gasteiger partial charge in [0.2, 0.25) is 5.91 Å². The van der Waals surface area contributed by atoms with E-state index < -0.39 is 0 Å². The van der Waals surface area contributed by atoms with Crippen LogP contribution < -0.4 is 5.73 Å². The molecule has 1 fully saturated rings. The molecule has 3 nitrogen and oxygen atoms in total. The number of hydrogen-bond acceptors (Lipinski definition) is 2. The summed E-state index contributed by atoms with van der Waals surface area (Å²) >= 11 is 0. The number of nitrogens with two attached hydrogens (primary N) is 1. The summed E-state index contributed by atoms with van der Waals surface area (Å²) in [7, 11) is 1.91. The van der Waals surface area contributed by atoms with Crippen LogP contribution in [0.2, 0.25) is 0 Å². The molecule has 0 aliphatic heterocycles. The molecule has 0 bridgehead atoms. The van der Waals surface area contributed by atoms with Crippen LogP contribution in [0.25, 0.3) is 0 Å². The van der Waals surface area contributed by atoms with Crippen LogP contribution in [-0.2, 0) is 4.79 Å². The summed E-state index contributed by atoms with van der Waals surface area (Å²) in [5, 5.41) is 0. The number of amides is 1. The standard InChI is InChI=1S/C13H26N2O/c1-4-11(5-2)15(3)12(16)10-13(14)8-6-7-9-13/h11H,4-10,14H2,1-3H3. The Balaban J connectivity index is 2.50. The van der Waals surface area contributed by atoms with Crippen LogP contribution in [0.4, 0.5) is 0 Å². The fraction of sp³-hybridized carbons (Fsp3) is 0.923. The van der Waals surface area contributed by atoms with Crippen molar-refractivity contribution in [3.05, 3.63) is 0 Å². The zero-order valence-electron chi connectivity index (χ0n) is 11.0. The lowest BCUT2D eigenvalue weighted by Gasteiger charge is -2.30. The minimum Gasteiger partial charge on any atom is -0.343 e. The molecule has 0 atom stereocenters. The number of nitrogens with zero attached hydrogens (tertiary/aromatic N) is 1. The zero-order chi connectivity index (χ0) is 12.2. The molecule has 0 unspecified atom stereocenters. The van der Waals surface area contributed by atoms with E-state index in [4.69, 9.17) is 5.73 Å². The summed E-state index contributed by atoms with van der Waals surface area (Å²) in [5.41, 5.74) is 6.02.